The number of hydrogen-bond acceptors (Lipinski definition) is 5. The maximum Gasteiger partial charge on any atom is 0.243 e. The fraction of sp³-hybridized carbons (Fsp3) is 0.409. The molecule has 30 heavy (non-hydrogen) atoms. The standard InChI is InChI=1S/C22H31N3O4S/c1-5-21(25(30(4,27)28)19-12-14-20(29-3)15-13-19)22(26)23-16-9-17-24(2)18-10-7-6-8-11-18/h6-8,10-15,21H,5,9,16-17H2,1-4H3,(H,23,26)/t21-/m0/s1. The van der Waals surface area contributed by atoms with E-state index in [-0.39, 0.29) is 5.91 Å². The zero-order chi connectivity index (χ0) is 22.1. The Hall–Kier alpha value is -2.74. The molecular formula is C22H31N3O4S. The number of nitrogens with one attached hydrogen (secondary N) is 1. The number of nitrogens with zero attached hydrogens (tertiary/aromatic N) is 2. The molecule has 2 rings (SSSR count). The van der Waals surface area contributed by atoms with Gasteiger partial charge in [0.15, 0.2) is 0 Å². The smallest absolute Gasteiger partial charge is 0.243 e. The Balaban J connectivity index is 2.01. The van der Waals surface area contributed by atoms with Gasteiger partial charge in [-0.1, -0.05) is 25.1 Å². The van der Waals surface area contributed by atoms with Crippen LogP contribution in [0.2, 0.25) is 0 Å². The first kappa shape index (κ1) is 23.5. The van der Waals surface area contributed by atoms with Gasteiger partial charge in [-0.15, -0.1) is 0 Å². The number of benzene rings is 2. The second-order valence-corrected chi connectivity index (χ2v) is 8.94. The molecule has 0 aliphatic rings. The average molecular weight is 434 g/mol. The van der Waals surface area contributed by atoms with Crippen molar-refractivity contribution < 1.29 is 17.9 Å². The summed E-state index contributed by atoms with van der Waals surface area (Å²) in [5, 5.41) is 2.89. The summed E-state index contributed by atoms with van der Waals surface area (Å²) in [6.07, 6.45) is 2.21. The predicted octanol–water partition coefficient (Wildman–Crippen LogP) is 2.88. The minimum atomic E-state index is -3.65. The summed E-state index contributed by atoms with van der Waals surface area (Å²) >= 11 is 0. The minimum Gasteiger partial charge on any atom is -0.497 e. The van der Waals surface area contributed by atoms with E-state index in [1.807, 2.05) is 37.4 Å². The summed E-state index contributed by atoms with van der Waals surface area (Å²) in [7, 11) is -0.107. The highest BCUT2D eigenvalue weighted by atomic mass is 32.2. The van der Waals surface area contributed by atoms with Gasteiger partial charge in [-0.25, -0.2) is 8.42 Å². The number of carbonyl (C=O) groups excluding carboxylic acids is 1. The Bertz CT molecular complexity index is 902. The predicted molar refractivity (Wildman–Crippen MR) is 122 cm³/mol. The van der Waals surface area contributed by atoms with Gasteiger partial charge >= 0.3 is 0 Å². The van der Waals surface area contributed by atoms with Crippen LogP contribution in [0.5, 0.6) is 5.75 Å². The van der Waals surface area contributed by atoms with Crippen LogP contribution in [0.25, 0.3) is 0 Å². The summed E-state index contributed by atoms with van der Waals surface area (Å²) in [5.41, 5.74) is 1.54. The van der Waals surface area contributed by atoms with Crippen LogP contribution in [0.3, 0.4) is 0 Å². The Morgan fingerprint density at radius 2 is 1.70 bits per heavy atom. The third-order valence-corrected chi connectivity index (χ3v) is 6.00. The van der Waals surface area contributed by atoms with Gasteiger partial charge < -0.3 is 15.0 Å². The van der Waals surface area contributed by atoms with Gasteiger partial charge in [0.1, 0.15) is 11.8 Å². The van der Waals surface area contributed by atoms with Crippen LogP contribution < -0.4 is 19.3 Å². The number of amides is 1. The monoisotopic (exact) mass is 433 g/mol. The lowest BCUT2D eigenvalue weighted by Gasteiger charge is -2.30. The molecule has 1 atom stereocenters. The number of methoxy groups -OCH3 is 1. The van der Waals surface area contributed by atoms with Crippen molar-refractivity contribution in [2.75, 3.05) is 42.7 Å². The van der Waals surface area contributed by atoms with E-state index in [0.29, 0.717) is 24.4 Å². The van der Waals surface area contributed by atoms with Crippen molar-refractivity contribution in [1.29, 1.82) is 0 Å². The van der Waals surface area contributed by atoms with Gasteiger partial charge in [-0.3, -0.25) is 9.10 Å². The molecule has 8 heteroatoms. The molecule has 0 radical (unpaired) electrons. The number of para-hydroxylation sites is 1. The van der Waals surface area contributed by atoms with Crippen LogP contribution >= 0.6 is 0 Å². The molecule has 0 saturated carbocycles. The Morgan fingerprint density at radius 1 is 1.07 bits per heavy atom. The molecule has 0 heterocycles. The highest BCUT2D eigenvalue weighted by Crippen LogP contribution is 2.25. The molecule has 7 nitrogen and oxygen atoms in total. The van der Waals surface area contributed by atoms with Gasteiger partial charge in [-0.05, 0) is 49.2 Å². The molecule has 0 aromatic heterocycles. The number of hydrogen-bond donors (Lipinski definition) is 1. The fourth-order valence-electron chi connectivity index (χ4n) is 3.25. The van der Waals surface area contributed by atoms with E-state index in [4.69, 9.17) is 4.74 Å². The van der Waals surface area contributed by atoms with Gasteiger partial charge in [0.2, 0.25) is 15.9 Å². The molecular weight excluding hydrogens is 402 g/mol. The molecule has 0 aliphatic heterocycles. The molecule has 0 bridgehead atoms. The molecule has 1 amide bonds. The van der Waals surface area contributed by atoms with Crippen LogP contribution in [0, 0.1) is 0 Å². The molecule has 2 aromatic carbocycles. The zero-order valence-electron chi connectivity index (χ0n) is 18.0. The highest BCUT2D eigenvalue weighted by Gasteiger charge is 2.31. The van der Waals surface area contributed by atoms with Crippen molar-refractivity contribution in [3.63, 3.8) is 0 Å². The van der Waals surface area contributed by atoms with Crippen molar-refractivity contribution in [1.82, 2.24) is 5.32 Å². The molecule has 0 saturated heterocycles. The molecule has 0 spiro atoms. The van der Waals surface area contributed by atoms with Gasteiger partial charge in [-0.2, -0.15) is 0 Å². The number of carbonyl (C=O) groups is 1. The molecule has 0 unspecified atom stereocenters. The lowest BCUT2D eigenvalue weighted by Crippen LogP contribution is -2.49. The lowest BCUT2D eigenvalue weighted by molar-refractivity contribution is -0.122. The maximum atomic E-state index is 12.8. The molecule has 2 aromatic rings. The van der Waals surface area contributed by atoms with E-state index in [1.54, 1.807) is 38.3 Å². The normalized spacial score (nSPS) is 12.1. The van der Waals surface area contributed by atoms with Crippen LogP contribution in [-0.2, 0) is 14.8 Å². The van der Waals surface area contributed by atoms with E-state index in [1.165, 1.54) is 4.31 Å². The average Bonchev–Trinajstić information content (AvgIpc) is 2.74. The van der Waals surface area contributed by atoms with E-state index >= 15 is 0 Å². The lowest BCUT2D eigenvalue weighted by atomic mass is 10.2. The quantitative estimate of drug-likeness (QED) is 0.551. The first-order chi connectivity index (χ1) is 14.3. The van der Waals surface area contributed by atoms with Crippen molar-refractivity contribution >= 4 is 27.3 Å². The summed E-state index contributed by atoms with van der Waals surface area (Å²) in [4.78, 5) is 14.9. The second-order valence-electron chi connectivity index (χ2n) is 7.08. The molecule has 0 fully saturated rings. The number of ether oxygens (including phenoxy) is 1. The van der Waals surface area contributed by atoms with Crippen molar-refractivity contribution in [3.8, 4) is 5.75 Å². The molecule has 164 valence electrons. The van der Waals surface area contributed by atoms with Gasteiger partial charge in [0.05, 0.1) is 19.1 Å². The SMILES string of the molecule is CC[C@@H](C(=O)NCCCN(C)c1ccccc1)N(c1ccc(OC)cc1)S(C)(=O)=O. The first-order valence-corrected chi connectivity index (χ1v) is 11.8. The fourth-order valence-corrected chi connectivity index (χ4v) is 4.46. The molecule has 1 N–H and O–H groups in total. The third kappa shape index (κ3) is 6.38. The van der Waals surface area contributed by atoms with Crippen LogP contribution in [0.15, 0.2) is 54.6 Å². The summed E-state index contributed by atoms with van der Waals surface area (Å²) in [5.74, 6) is 0.313. The van der Waals surface area contributed by atoms with E-state index in [9.17, 15) is 13.2 Å². The van der Waals surface area contributed by atoms with Gasteiger partial charge in [0.25, 0.3) is 0 Å². The summed E-state index contributed by atoms with van der Waals surface area (Å²) < 4.78 is 31.3. The topological polar surface area (TPSA) is 79.0 Å². The first-order valence-electron chi connectivity index (χ1n) is 9.95. The van der Waals surface area contributed by atoms with E-state index < -0.39 is 16.1 Å². The Morgan fingerprint density at radius 3 is 2.23 bits per heavy atom. The largest absolute Gasteiger partial charge is 0.497 e. The third-order valence-electron chi connectivity index (χ3n) is 4.82. The number of sulfonamides is 1. The van der Waals surface area contributed by atoms with Crippen LogP contribution in [0.1, 0.15) is 19.8 Å². The summed E-state index contributed by atoms with van der Waals surface area (Å²) in [6.45, 7) is 3.04. The van der Waals surface area contributed by atoms with Crippen molar-refractivity contribution in [2.45, 2.75) is 25.8 Å². The minimum absolute atomic E-state index is 0.305. The Labute approximate surface area is 179 Å². The number of anilines is 2. The van der Waals surface area contributed by atoms with Crippen molar-refractivity contribution in [2.24, 2.45) is 0 Å². The zero-order valence-corrected chi connectivity index (χ0v) is 18.9. The second kappa shape index (κ2) is 10.9. The van der Waals surface area contributed by atoms with Gasteiger partial charge in [0, 0.05) is 25.8 Å². The summed E-state index contributed by atoms with van der Waals surface area (Å²) in [6, 6.07) is 15.8. The maximum absolute atomic E-state index is 12.8. The van der Waals surface area contributed by atoms with E-state index in [0.717, 1.165) is 24.9 Å². The van der Waals surface area contributed by atoms with Crippen LogP contribution in [0.4, 0.5) is 11.4 Å². The van der Waals surface area contributed by atoms with E-state index in [2.05, 4.69) is 10.2 Å². The van der Waals surface area contributed by atoms with Crippen LogP contribution in [-0.4, -0.2) is 53.9 Å². The van der Waals surface area contributed by atoms with Crippen molar-refractivity contribution in [3.05, 3.63) is 54.6 Å². The molecule has 0 aliphatic carbocycles. The Kier molecular flexibility index (Phi) is 8.53. The highest BCUT2D eigenvalue weighted by molar-refractivity contribution is 7.92. The number of rotatable bonds is 11.